The predicted octanol–water partition coefficient (Wildman–Crippen LogP) is 4.14. The highest BCUT2D eigenvalue weighted by Crippen LogP contribution is 2.26. The summed E-state index contributed by atoms with van der Waals surface area (Å²) in [5.41, 5.74) is 1.77. The lowest BCUT2D eigenvalue weighted by Crippen LogP contribution is -2.46. The number of hydrogen-bond acceptors (Lipinski definition) is 5. The lowest BCUT2D eigenvalue weighted by atomic mass is 10.2. The monoisotopic (exact) mass is 404 g/mol. The molecule has 0 saturated carbocycles. The highest BCUT2D eigenvalue weighted by atomic mass is 35.5. The molecule has 5 nitrogen and oxygen atoms in total. The van der Waals surface area contributed by atoms with E-state index < -0.39 is 0 Å². The van der Waals surface area contributed by atoms with Crippen molar-refractivity contribution in [3.05, 3.63) is 40.4 Å². The van der Waals surface area contributed by atoms with E-state index in [1.807, 2.05) is 28.5 Å². The van der Waals surface area contributed by atoms with E-state index in [0.29, 0.717) is 5.69 Å². The molecule has 27 heavy (non-hydrogen) atoms. The number of thiazole rings is 1. The maximum Gasteiger partial charge on any atom is 0.273 e. The average Bonchev–Trinajstić information content (AvgIpc) is 3.03. The fourth-order valence-electron chi connectivity index (χ4n) is 3.77. The number of likely N-dealkylation sites (tertiary alicyclic amines) is 1. The van der Waals surface area contributed by atoms with Crippen LogP contribution in [0.15, 0.2) is 29.6 Å². The summed E-state index contributed by atoms with van der Waals surface area (Å²) in [5.74, 6) is 0.0944. The largest absolute Gasteiger partial charge is 0.368 e. The zero-order valence-corrected chi connectivity index (χ0v) is 17.0. The molecule has 0 atom stereocenters. The van der Waals surface area contributed by atoms with Crippen molar-refractivity contribution in [2.24, 2.45) is 0 Å². The van der Waals surface area contributed by atoms with Gasteiger partial charge in [0, 0.05) is 55.4 Å². The molecule has 2 aliphatic heterocycles. The normalized spacial score (nSPS) is 18.5. The van der Waals surface area contributed by atoms with Crippen molar-refractivity contribution in [2.45, 2.75) is 25.7 Å². The molecule has 4 rings (SSSR count). The minimum absolute atomic E-state index is 0.0944. The van der Waals surface area contributed by atoms with E-state index in [1.165, 1.54) is 18.5 Å². The third kappa shape index (κ3) is 4.38. The topological polar surface area (TPSA) is 39.7 Å². The van der Waals surface area contributed by atoms with Crippen molar-refractivity contribution in [1.82, 2.24) is 9.88 Å². The predicted molar refractivity (Wildman–Crippen MR) is 112 cm³/mol. The van der Waals surface area contributed by atoms with Crippen molar-refractivity contribution in [2.75, 3.05) is 49.1 Å². The molecule has 0 spiro atoms. The Morgan fingerprint density at radius 3 is 2.37 bits per heavy atom. The SMILES string of the molecule is O=C(c1csc(N2CCN(c3cccc(Cl)c3)CC2)n1)N1CCCCCC1. The van der Waals surface area contributed by atoms with Gasteiger partial charge in [-0.2, -0.15) is 0 Å². The number of rotatable bonds is 3. The second kappa shape index (κ2) is 8.48. The first-order chi connectivity index (χ1) is 13.2. The molecule has 0 N–H and O–H groups in total. The average molecular weight is 405 g/mol. The number of halogens is 1. The number of piperazine rings is 1. The van der Waals surface area contributed by atoms with Crippen molar-refractivity contribution >= 4 is 39.7 Å². The molecule has 0 aliphatic carbocycles. The Kier molecular flexibility index (Phi) is 5.83. The van der Waals surface area contributed by atoms with E-state index in [2.05, 4.69) is 20.9 Å². The second-order valence-electron chi connectivity index (χ2n) is 7.18. The number of benzene rings is 1. The summed E-state index contributed by atoms with van der Waals surface area (Å²) in [6.07, 6.45) is 4.66. The Labute approximate surface area is 169 Å². The number of anilines is 2. The lowest BCUT2D eigenvalue weighted by Gasteiger charge is -2.36. The molecule has 2 aromatic rings. The summed E-state index contributed by atoms with van der Waals surface area (Å²) in [7, 11) is 0. The molecule has 0 radical (unpaired) electrons. The number of nitrogens with zero attached hydrogens (tertiary/aromatic N) is 4. The molecule has 2 fully saturated rings. The third-order valence-electron chi connectivity index (χ3n) is 5.33. The first-order valence-corrected chi connectivity index (χ1v) is 11.0. The molecule has 0 bridgehead atoms. The van der Waals surface area contributed by atoms with Gasteiger partial charge in [-0.1, -0.05) is 30.5 Å². The molecule has 3 heterocycles. The highest BCUT2D eigenvalue weighted by molar-refractivity contribution is 7.13. The van der Waals surface area contributed by atoms with E-state index in [1.54, 1.807) is 11.3 Å². The van der Waals surface area contributed by atoms with Gasteiger partial charge in [-0.25, -0.2) is 4.98 Å². The number of amides is 1. The van der Waals surface area contributed by atoms with Gasteiger partial charge in [0.25, 0.3) is 5.91 Å². The minimum atomic E-state index is 0.0944. The Morgan fingerprint density at radius 2 is 1.67 bits per heavy atom. The zero-order chi connectivity index (χ0) is 18.6. The highest BCUT2D eigenvalue weighted by Gasteiger charge is 2.23. The van der Waals surface area contributed by atoms with Gasteiger partial charge in [0.1, 0.15) is 5.69 Å². The molecule has 7 heteroatoms. The first-order valence-electron chi connectivity index (χ1n) is 9.71. The Bertz CT molecular complexity index is 780. The van der Waals surface area contributed by atoms with Crippen molar-refractivity contribution in [3.8, 4) is 0 Å². The van der Waals surface area contributed by atoms with Crippen molar-refractivity contribution in [1.29, 1.82) is 0 Å². The van der Waals surface area contributed by atoms with Crippen LogP contribution < -0.4 is 9.80 Å². The summed E-state index contributed by atoms with van der Waals surface area (Å²) >= 11 is 7.69. The molecule has 2 saturated heterocycles. The van der Waals surface area contributed by atoms with Gasteiger partial charge in [-0.3, -0.25) is 4.79 Å². The van der Waals surface area contributed by atoms with Gasteiger partial charge in [-0.05, 0) is 31.0 Å². The van der Waals surface area contributed by atoms with Gasteiger partial charge in [0.05, 0.1) is 0 Å². The maximum absolute atomic E-state index is 12.7. The van der Waals surface area contributed by atoms with Crippen molar-refractivity contribution < 1.29 is 4.79 Å². The van der Waals surface area contributed by atoms with Crippen LogP contribution in [0.1, 0.15) is 36.2 Å². The van der Waals surface area contributed by atoms with Crippen LogP contribution in [0.2, 0.25) is 5.02 Å². The quantitative estimate of drug-likeness (QED) is 0.770. The fraction of sp³-hybridized carbons (Fsp3) is 0.500. The summed E-state index contributed by atoms with van der Waals surface area (Å²) in [4.78, 5) is 24.0. The van der Waals surface area contributed by atoms with E-state index in [0.717, 1.165) is 62.3 Å². The maximum atomic E-state index is 12.7. The van der Waals surface area contributed by atoms with Crippen LogP contribution in [0.3, 0.4) is 0 Å². The Balaban J connectivity index is 1.37. The van der Waals surface area contributed by atoms with Gasteiger partial charge in [-0.15, -0.1) is 11.3 Å². The summed E-state index contributed by atoms with van der Waals surface area (Å²) < 4.78 is 0. The van der Waals surface area contributed by atoms with Gasteiger partial charge in [0.15, 0.2) is 5.13 Å². The van der Waals surface area contributed by atoms with Crippen LogP contribution in [0, 0.1) is 0 Å². The van der Waals surface area contributed by atoms with E-state index in [9.17, 15) is 4.79 Å². The standard InChI is InChI=1S/C20H25ClN4OS/c21-16-6-5-7-17(14-16)23-10-12-25(13-11-23)20-22-18(15-27-20)19(26)24-8-3-1-2-4-9-24/h5-7,14-15H,1-4,8-13H2. The zero-order valence-electron chi connectivity index (χ0n) is 15.4. The second-order valence-corrected chi connectivity index (χ2v) is 8.45. The van der Waals surface area contributed by atoms with Crippen LogP contribution in [0.5, 0.6) is 0 Å². The van der Waals surface area contributed by atoms with Gasteiger partial charge >= 0.3 is 0 Å². The molecule has 144 valence electrons. The molecule has 1 aromatic carbocycles. The molecule has 2 aliphatic rings. The number of carbonyl (C=O) groups is 1. The Morgan fingerprint density at radius 1 is 0.963 bits per heavy atom. The van der Waals surface area contributed by atoms with Crippen LogP contribution in [0.4, 0.5) is 10.8 Å². The molecule has 0 unspecified atom stereocenters. The molecular weight excluding hydrogens is 380 g/mol. The van der Waals surface area contributed by atoms with Gasteiger partial charge in [0.2, 0.25) is 0 Å². The number of hydrogen-bond donors (Lipinski definition) is 0. The van der Waals surface area contributed by atoms with Crippen LogP contribution in [0.25, 0.3) is 0 Å². The summed E-state index contributed by atoms with van der Waals surface area (Å²) in [6.45, 7) is 5.38. The summed E-state index contributed by atoms with van der Waals surface area (Å²) in [6, 6.07) is 8.01. The number of aromatic nitrogens is 1. The molecule has 1 amide bonds. The Hall–Kier alpha value is -1.79. The fourth-order valence-corrected chi connectivity index (χ4v) is 4.81. The summed E-state index contributed by atoms with van der Waals surface area (Å²) in [5, 5.41) is 3.65. The molecular formula is C20H25ClN4OS. The van der Waals surface area contributed by atoms with E-state index >= 15 is 0 Å². The van der Waals surface area contributed by atoms with Crippen LogP contribution in [-0.4, -0.2) is 55.1 Å². The van der Waals surface area contributed by atoms with Crippen molar-refractivity contribution in [3.63, 3.8) is 0 Å². The molecule has 1 aromatic heterocycles. The third-order valence-corrected chi connectivity index (χ3v) is 6.46. The number of carbonyl (C=O) groups excluding carboxylic acids is 1. The first kappa shape index (κ1) is 18.6. The van der Waals surface area contributed by atoms with Crippen LogP contribution in [-0.2, 0) is 0 Å². The van der Waals surface area contributed by atoms with Crippen LogP contribution >= 0.6 is 22.9 Å². The van der Waals surface area contributed by atoms with Gasteiger partial charge < -0.3 is 14.7 Å². The van der Waals surface area contributed by atoms with E-state index in [-0.39, 0.29) is 5.91 Å². The lowest BCUT2D eigenvalue weighted by molar-refractivity contribution is 0.0756. The van der Waals surface area contributed by atoms with E-state index in [4.69, 9.17) is 11.6 Å². The smallest absolute Gasteiger partial charge is 0.273 e. The minimum Gasteiger partial charge on any atom is -0.368 e.